The lowest BCUT2D eigenvalue weighted by atomic mass is 9.45. The average molecular weight is 166 g/mol. The Balaban J connectivity index is 2.17. The Morgan fingerprint density at radius 2 is 2.17 bits per heavy atom. The zero-order chi connectivity index (χ0) is 8.93. The maximum atomic E-state index is 9.11. The van der Waals surface area contributed by atoms with E-state index in [4.69, 9.17) is 5.11 Å². The number of hydrogen-bond acceptors (Lipinski definition) is 1. The van der Waals surface area contributed by atoms with Crippen LogP contribution in [0.25, 0.3) is 0 Å². The summed E-state index contributed by atoms with van der Waals surface area (Å²) in [5.74, 6) is 1.93. The maximum Gasteiger partial charge on any atom is 0.0496 e. The third-order valence-corrected chi connectivity index (χ3v) is 4.23. The molecule has 0 aliphatic heterocycles. The highest BCUT2D eigenvalue weighted by atomic mass is 16.3. The fraction of sp³-hybridized carbons (Fsp3) is 0.818. The van der Waals surface area contributed by atoms with E-state index in [9.17, 15) is 0 Å². The van der Waals surface area contributed by atoms with Gasteiger partial charge in [-0.2, -0.15) is 0 Å². The third kappa shape index (κ3) is 0.832. The van der Waals surface area contributed by atoms with Gasteiger partial charge >= 0.3 is 0 Å². The van der Waals surface area contributed by atoms with Crippen molar-refractivity contribution in [3.05, 3.63) is 12.2 Å². The van der Waals surface area contributed by atoms with Crippen molar-refractivity contribution >= 4 is 0 Å². The van der Waals surface area contributed by atoms with E-state index in [2.05, 4.69) is 20.4 Å². The van der Waals surface area contributed by atoms with Gasteiger partial charge in [-0.1, -0.05) is 26.0 Å². The molecule has 3 fully saturated rings. The summed E-state index contributed by atoms with van der Waals surface area (Å²) in [5, 5.41) is 9.11. The number of rotatable bonds is 1. The van der Waals surface area contributed by atoms with E-state index in [1.165, 1.54) is 18.4 Å². The van der Waals surface area contributed by atoms with E-state index in [0.717, 1.165) is 5.92 Å². The number of fused-ring (bicyclic) bond motifs is 2. The summed E-state index contributed by atoms with van der Waals surface area (Å²) in [6.45, 7) is 9.10. The van der Waals surface area contributed by atoms with E-state index in [-0.39, 0.29) is 0 Å². The summed E-state index contributed by atoms with van der Waals surface area (Å²) in [6.07, 6.45) is 2.49. The summed E-state index contributed by atoms with van der Waals surface area (Å²) in [4.78, 5) is 0. The Bertz CT molecular complexity index is 217. The average Bonchev–Trinajstić information content (AvgIpc) is 2.03. The fourth-order valence-corrected chi connectivity index (χ4v) is 3.02. The van der Waals surface area contributed by atoms with Gasteiger partial charge in [0.05, 0.1) is 0 Å². The molecule has 0 spiro atoms. The molecule has 0 heterocycles. The van der Waals surface area contributed by atoms with E-state index >= 15 is 0 Å². The lowest BCUT2D eigenvalue weighted by molar-refractivity contribution is -0.0546. The Morgan fingerprint density at radius 3 is 2.58 bits per heavy atom. The van der Waals surface area contributed by atoms with E-state index < -0.39 is 0 Å². The molecule has 0 unspecified atom stereocenters. The van der Waals surface area contributed by atoms with Gasteiger partial charge < -0.3 is 5.11 Å². The molecule has 3 rings (SSSR count). The van der Waals surface area contributed by atoms with Crippen molar-refractivity contribution in [3.63, 3.8) is 0 Å². The minimum absolute atomic E-state index is 0.307. The van der Waals surface area contributed by atoms with Gasteiger partial charge in [0.25, 0.3) is 0 Å². The molecular weight excluding hydrogens is 148 g/mol. The van der Waals surface area contributed by atoms with Crippen LogP contribution in [0.3, 0.4) is 0 Å². The highest BCUT2D eigenvalue weighted by Crippen LogP contribution is 2.62. The molecule has 2 bridgehead atoms. The highest BCUT2D eigenvalue weighted by Gasteiger charge is 2.54. The van der Waals surface area contributed by atoms with Crippen molar-refractivity contribution in [2.45, 2.75) is 26.7 Å². The summed E-state index contributed by atoms with van der Waals surface area (Å²) in [6, 6.07) is 0. The first kappa shape index (κ1) is 8.31. The van der Waals surface area contributed by atoms with Gasteiger partial charge in [-0.05, 0) is 30.1 Å². The predicted molar refractivity (Wildman–Crippen MR) is 49.7 cm³/mol. The number of hydrogen-bond donors (Lipinski definition) is 1. The molecule has 68 valence electrons. The topological polar surface area (TPSA) is 20.2 Å². The molecule has 1 heteroatoms. The zero-order valence-corrected chi connectivity index (χ0v) is 8.01. The van der Waals surface area contributed by atoms with E-state index in [1.807, 2.05) is 0 Å². The van der Waals surface area contributed by atoms with Gasteiger partial charge in [-0.25, -0.2) is 0 Å². The summed E-state index contributed by atoms with van der Waals surface area (Å²) < 4.78 is 0. The molecule has 3 atom stereocenters. The van der Waals surface area contributed by atoms with E-state index in [1.54, 1.807) is 0 Å². The normalized spacial score (nSPS) is 43.9. The van der Waals surface area contributed by atoms with E-state index in [0.29, 0.717) is 23.9 Å². The highest BCUT2D eigenvalue weighted by molar-refractivity contribution is 5.22. The van der Waals surface area contributed by atoms with Crippen LogP contribution in [0.1, 0.15) is 26.7 Å². The molecule has 1 N–H and O–H groups in total. The number of aliphatic hydroxyl groups is 1. The van der Waals surface area contributed by atoms with Crippen molar-refractivity contribution in [2.75, 3.05) is 6.61 Å². The summed E-state index contributed by atoms with van der Waals surface area (Å²) in [7, 11) is 0. The molecule has 0 aromatic rings. The fourth-order valence-electron chi connectivity index (χ4n) is 3.02. The maximum absolute atomic E-state index is 9.11. The second kappa shape index (κ2) is 2.35. The Labute approximate surface area is 74.5 Å². The molecule has 3 saturated carbocycles. The monoisotopic (exact) mass is 166 g/mol. The van der Waals surface area contributed by atoms with Crippen LogP contribution in [0.15, 0.2) is 12.2 Å². The molecule has 0 aromatic heterocycles. The Hall–Kier alpha value is -0.300. The largest absolute Gasteiger partial charge is 0.396 e. The van der Waals surface area contributed by atoms with Gasteiger partial charge in [-0.15, -0.1) is 0 Å². The van der Waals surface area contributed by atoms with Crippen LogP contribution in [-0.4, -0.2) is 11.7 Å². The lowest BCUT2D eigenvalue weighted by Gasteiger charge is -2.59. The van der Waals surface area contributed by atoms with Crippen LogP contribution < -0.4 is 0 Å². The predicted octanol–water partition coefficient (Wildman–Crippen LogP) is 2.22. The second-order valence-corrected chi connectivity index (χ2v) is 5.00. The molecular formula is C11H18O. The Kier molecular flexibility index (Phi) is 1.63. The van der Waals surface area contributed by atoms with Crippen molar-refractivity contribution < 1.29 is 5.11 Å². The standard InChI is InChI=1S/C11H18O/c1-7-8(6-12)4-9-5-10(7)11(9,2)3/h8-10,12H,1,4-6H2,2-3H3/t8-,9+,10-/m0/s1. The molecule has 0 saturated heterocycles. The van der Waals surface area contributed by atoms with Crippen molar-refractivity contribution in [2.24, 2.45) is 23.2 Å². The van der Waals surface area contributed by atoms with Crippen LogP contribution in [0.4, 0.5) is 0 Å². The third-order valence-electron chi connectivity index (χ3n) is 4.23. The zero-order valence-electron chi connectivity index (χ0n) is 8.01. The molecule has 1 nitrogen and oxygen atoms in total. The first-order valence-electron chi connectivity index (χ1n) is 4.87. The summed E-state index contributed by atoms with van der Waals surface area (Å²) in [5.41, 5.74) is 1.79. The lowest BCUT2D eigenvalue weighted by Crippen LogP contribution is -2.52. The summed E-state index contributed by atoms with van der Waals surface area (Å²) >= 11 is 0. The first-order chi connectivity index (χ1) is 5.57. The van der Waals surface area contributed by atoms with Gasteiger partial charge in [0.2, 0.25) is 0 Å². The van der Waals surface area contributed by atoms with Crippen molar-refractivity contribution in [1.29, 1.82) is 0 Å². The Morgan fingerprint density at radius 1 is 1.50 bits per heavy atom. The van der Waals surface area contributed by atoms with Crippen LogP contribution >= 0.6 is 0 Å². The smallest absolute Gasteiger partial charge is 0.0496 e. The molecule has 3 aliphatic rings. The minimum atomic E-state index is 0.307. The first-order valence-corrected chi connectivity index (χ1v) is 4.87. The van der Waals surface area contributed by atoms with Gasteiger partial charge in [-0.3, -0.25) is 0 Å². The van der Waals surface area contributed by atoms with Gasteiger partial charge in [0.15, 0.2) is 0 Å². The van der Waals surface area contributed by atoms with Gasteiger partial charge in [0, 0.05) is 12.5 Å². The van der Waals surface area contributed by atoms with Crippen LogP contribution in [-0.2, 0) is 0 Å². The quantitative estimate of drug-likeness (QED) is 0.592. The van der Waals surface area contributed by atoms with Crippen LogP contribution in [0.5, 0.6) is 0 Å². The molecule has 3 aliphatic carbocycles. The number of aliphatic hydroxyl groups excluding tert-OH is 1. The van der Waals surface area contributed by atoms with Gasteiger partial charge in [0.1, 0.15) is 0 Å². The van der Waals surface area contributed by atoms with Crippen molar-refractivity contribution in [3.8, 4) is 0 Å². The van der Waals surface area contributed by atoms with Crippen LogP contribution in [0.2, 0.25) is 0 Å². The van der Waals surface area contributed by atoms with Crippen molar-refractivity contribution in [1.82, 2.24) is 0 Å². The minimum Gasteiger partial charge on any atom is -0.396 e. The molecule has 0 radical (unpaired) electrons. The SMILES string of the molecule is C=C1[C@H](CO)C[C@@H]2C[C@@H]1C2(C)C. The second-order valence-electron chi connectivity index (χ2n) is 5.00. The molecule has 12 heavy (non-hydrogen) atoms. The molecule has 0 amide bonds. The van der Waals surface area contributed by atoms with Crippen LogP contribution in [0, 0.1) is 23.2 Å². The molecule has 0 aromatic carbocycles.